The minimum absolute atomic E-state index is 0.783. The Morgan fingerprint density at radius 3 is 2.59 bits per heavy atom. The van der Waals surface area contributed by atoms with Gasteiger partial charge in [-0.3, -0.25) is 0 Å². The maximum absolute atomic E-state index is 5.28. The standard InChI is InChI=1S/C16H22O/c1-5-13-10-15(14-7-6-8-14)11(2)9-16(13)12(3)17-4/h9-10,14H,3,5-8H2,1-2,4H3. The van der Waals surface area contributed by atoms with Crippen LogP contribution in [0.3, 0.4) is 0 Å². The summed E-state index contributed by atoms with van der Waals surface area (Å²) in [6.07, 6.45) is 5.14. The van der Waals surface area contributed by atoms with Gasteiger partial charge in [-0.05, 0) is 54.9 Å². The summed E-state index contributed by atoms with van der Waals surface area (Å²) in [6, 6.07) is 4.62. The van der Waals surface area contributed by atoms with Crippen molar-refractivity contribution >= 4 is 5.76 Å². The topological polar surface area (TPSA) is 9.23 Å². The third-order valence-electron chi connectivity index (χ3n) is 3.96. The van der Waals surface area contributed by atoms with E-state index in [0.717, 1.165) is 18.1 Å². The van der Waals surface area contributed by atoms with Crippen LogP contribution in [0.2, 0.25) is 0 Å². The largest absolute Gasteiger partial charge is 0.497 e. The minimum Gasteiger partial charge on any atom is -0.497 e. The molecule has 17 heavy (non-hydrogen) atoms. The molecule has 0 heterocycles. The number of methoxy groups -OCH3 is 1. The first-order valence-electron chi connectivity index (χ1n) is 6.54. The molecule has 0 N–H and O–H groups in total. The monoisotopic (exact) mass is 230 g/mol. The predicted molar refractivity (Wildman–Crippen MR) is 73.2 cm³/mol. The molecule has 0 unspecified atom stereocenters. The summed E-state index contributed by atoms with van der Waals surface area (Å²) in [5.41, 5.74) is 5.47. The Morgan fingerprint density at radius 2 is 2.12 bits per heavy atom. The van der Waals surface area contributed by atoms with Crippen LogP contribution in [0.1, 0.15) is 54.4 Å². The summed E-state index contributed by atoms with van der Waals surface area (Å²) in [5, 5.41) is 0. The SMILES string of the molecule is C=C(OC)c1cc(C)c(C2CCC2)cc1CC. The van der Waals surface area contributed by atoms with Crippen molar-refractivity contribution in [1.82, 2.24) is 0 Å². The number of aryl methyl sites for hydroxylation is 2. The summed E-state index contributed by atoms with van der Waals surface area (Å²) in [6.45, 7) is 8.38. The number of hydrogen-bond acceptors (Lipinski definition) is 1. The molecule has 1 aliphatic carbocycles. The molecule has 0 atom stereocenters. The van der Waals surface area contributed by atoms with E-state index in [1.165, 1.54) is 36.0 Å². The van der Waals surface area contributed by atoms with Crippen LogP contribution in [-0.2, 0) is 11.2 Å². The van der Waals surface area contributed by atoms with Gasteiger partial charge in [0.15, 0.2) is 0 Å². The lowest BCUT2D eigenvalue weighted by molar-refractivity contribution is 0.370. The zero-order valence-corrected chi connectivity index (χ0v) is 11.2. The normalized spacial score (nSPS) is 15.5. The Balaban J connectivity index is 2.42. The van der Waals surface area contributed by atoms with Crippen molar-refractivity contribution in [3.05, 3.63) is 41.0 Å². The van der Waals surface area contributed by atoms with E-state index >= 15 is 0 Å². The summed E-state index contributed by atoms with van der Waals surface area (Å²) >= 11 is 0. The molecule has 0 aliphatic heterocycles. The summed E-state index contributed by atoms with van der Waals surface area (Å²) < 4.78 is 5.28. The average molecular weight is 230 g/mol. The molecule has 1 aromatic rings. The maximum atomic E-state index is 5.28. The van der Waals surface area contributed by atoms with Crippen molar-refractivity contribution in [2.45, 2.75) is 45.4 Å². The quantitative estimate of drug-likeness (QED) is 0.695. The highest BCUT2D eigenvalue weighted by molar-refractivity contribution is 5.63. The molecule has 1 nitrogen and oxygen atoms in total. The molecule has 0 saturated heterocycles. The molecule has 92 valence electrons. The fraction of sp³-hybridized carbons (Fsp3) is 0.500. The van der Waals surface area contributed by atoms with Crippen molar-refractivity contribution in [3.8, 4) is 0 Å². The van der Waals surface area contributed by atoms with E-state index < -0.39 is 0 Å². The van der Waals surface area contributed by atoms with E-state index in [1.807, 2.05) is 0 Å². The fourth-order valence-electron chi connectivity index (χ4n) is 2.59. The highest BCUT2D eigenvalue weighted by Crippen LogP contribution is 2.39. The van der Waals surface area contributed by atoms with Gasteiger partial charge in [-0.2, -0.15) is 0 Å². The highest BCUT2D eigenvalue weighted by atomic mass is 16.5. The second kappa shape index (κ2) is 4.95. The summed E-state index contributed by atoms with van der Waals surface area (Å²) in [7, 11) is 1.69. The van der Waals surface area contributed by atoms with Gasteiger partial charge in [0.25, 0.3) is 0 Å². The van der Waals surface area contributed by atoms with E-state index in [1.54, 1.807) is 12.7 Å². The minimum atomic E-state index is 0.783. The first-order valence-corrected chi connectivity index (χ1v) is 6.54. The Kier molecular flexibility index (Phi) is 3.56. The van der Waals surface area contributed by atoms with Crippen LogP contribution >= 0.6 is 0 Å². The van der Waals surface area contributed by atoms with E-state index in [0.29, 0.717) is 0 Å². The van der Waals surface area contributed by atoms with Crippen molar-refractivity contribution in [2.24, 2.45) is 0 Å². The van der Waals surface area contributed by atoms with E-state index in [9.17, 15) is 0 Å². The van der Waals surface area contributed by atoms with Gasteiger partial charge < -0.3 is 4.74 Å². The Bertz CT molecular complexity index is 427. The van der Waals surface area contributed by atoms with Gasteiger partial charge in [-0.15, -0.1) is 0 Å². The molecule has 1 aliphatic rings. The molecule has 1 aromatic carbocycles. The smallest absolute Gasteiger partial charge is 0.119 e. The molecule has 2 rings (SSSR count). The maximum Gasteiger partial charge on any atom is 0.119 e. The van der Waals surface area contributed by atoms with Crippen LogP contribution in [0.25, 0.3) is 5.76 Å². The van der Waals surface area contributed by atoms with Crippen LogP contribution in [0.5, 0.6) is 0 Å². The van der Waals surface area contributed by atoms with Crippen LogP contribution in [0.4, 0.5) is 0 Å². The molecule has 1 heteroatoms. The third-order valence-corrected chi connectivity index (χ3v) is 3.96. The second-order valence-corrected chi connectivity index (χ2v) is 4.97. The molecular formula is C16H22O. The highest BCUT2D eigenvalue weighted by Gasteiger charge is 2.22. The van der Waals surface area contributed by atoms with E-state index in [2.05, 4.69) is 32.6 Å². The van der Waals surface area contributed by atoms with Gasteiger partial charge in [0.2, 0.25) is 0 Å². The van der Waals surface area contributed by atoms with Crippen LogP contribution in [0.15, 0.2) is 18.7 Å². The molecule has 0 bridgehead atoms. The Labute approximate surface area is 104 Å². The number of rotatable bonds is 4. The van der Waals surface area contributed by atoms with Crippen molar-refractivity contribution in [1.29, 1.82) is 0 Å². The molecule has 1 fully saturated rings. The van der Waals surface area contributed by atoms with Gasteiger partial charge in [-0.25, -0.2) is 0 Å². The summed E-state index contributed by atoms with van der Waals surface area (Å²) in [5.74, 6) is 1.58. The zero-order valence-electron chi connectivity index (χ0n) is 11.2. The van der Waals surface area contributed by atoms with Crippen molar-refractivity contribution < 1.29 is 4.74 Å². The molecule has 0 radical (unpaired) electrons. The third kappa shape index (κ3) is 2.24. The molecular weight excluding hydrogens is 208 g/mol. The fourth-order valence-corrected chi connectivity index (χ4v) is 2.59. The molecule has 0 spiro atoms. The Hall–Kier alpha value is -1.24. The first kappa shape index (κ1) is 12.2. The zero-order chi connectivity index (χ0) is 12.4. The van der Waals surface area contributed by atoms with Crippen LogP contribution < -0.4 is 0 Å². The Morgan fingerprint density at radius 1 is 1.41 bits per heavy atom. The van der Waals surface area contributed by atoms with Gasteiger partial charge in [0, 0.05) is 5.56 Å². The first-order chi connectivity index (χ1) is 8.17. The van der Waals surface area contributed by atoms with E-state index in [-0.39, 0.29) is 0 Å². The van der Waals surface area contributed by atoms with Crippen molar-refractivity contribution in [2.75, 3.05) is 7.11 Å². The van der Waals surface area contributed by atoms with Gasteiger partial charge >= 0.3 is 0 Å². The number of ether oxygens (including phenoxy) is 1. The lowest BCUT2D eigenvalue weighted by atomic mass is 9.77. The molecule has 0 aromatic heterocycles. The van der Waals surface area contributed by atoms with Crippen molar-refractivity contribution in [3.63, 3.8) is 0 Å². The number of benzene rings is 1. The second-order valence-electron chi connectivity index (χ2n) is 4.97. The van der Waals surface area contributed by atoms with Gasteiger partial charge in [-0.1, -0.05) is 26.0 Å². The van der Waals surface area contributed by atoms with Crippen LogP contribution in [-0.4, -0.2) is 7.11 Å². The van der Waals surface area contributed by atoms with Gasteiger partial charge in [0.05, 0.1) is 7.11 Å². The van der Waals surface area contributed by atoms with Gasteiger partial charge in [0.1, 0.15) is 5.76 Å². The average Bonchev–Trinajstić information content (AvgIpc) is 2.27. The lowest BCUT2D eigenvalue weighted by Crippen LogP contribution is -2.11. The predicted octanol–water partition coefficient (Wildman–Crippen LogP) is 4.44. The molecule has 0 amide bonds. The summed E-state index contributed by atoms with van der Waals surface area (Å²) in [4.78, 5) is 0. The van der Waals surface area contributed by atoms with Crippen LogP contribution in [0, 0.1) is 6.92 Å². The lowest BCUT2D eigenvalue weighted by Gasteiger charge is -2.28. The van der Waals surface area contributed by atoms with E-state index in [4.69, 9.17) is 4.74 Å². The molecule has 1 saturated carbocycles. The number of hydrogen-bond donors (Lipinski definition) is 0.